The van der Waals surface area contributed by atoms with E-state index in [2.05, 4.69) is 10.3 Å². The highest BCUT2D eigenvalue weighted by Gasteiger charge is 1.93. The molecule has 108 valence electrons. The molecule has 1 rings (SSSR count). The number of methoxy groups -OCH3 is 1. The summed E-state index contributed by atoms with van der Waals surface area (Å²) in [5, 5.41) is 3.28. The molecule has 0 fully saturated rings. The van der Waals surface area contributed by atoms with Crippen LogP contribution in [0.25, 0.3) is 0 Å². The molecule has 0 aliphatic heterocycles. The lowest BCUT2D eigenvalue weighted by Crippen LogP contribution is -2.20. The van der Waals surface area contributed by atoms with E-state index in [4.69, 9.17) is 14.2 Å². The zero-order valence-corrected chi connectivity index (χ0v) is 11.6. The summed E-state index contributed by atoms with van der Waals surface area (Å²) in [7, 11) is 1.70. The fraction of sp³-hybridized carbons (Fsp3) is 0.643. The summed E-state index contributed by atoms with van der Waals surface area (Å²) in [6.45, 7) is 5.04. The third-order valence-electron chi connectivity index (χ3n) is 2.46. The zero-order valence-electron chi connectivity index (χ0n) is 11.6. The highest BCUT2D eigenvalue weighted by atomic mass is 16.5. The Kier molecular flexibility index (Phi) is 10.2. The van der Waals surface area contributed by atoms with E-state index >= 15 is 0 Å². The normalized spacial score (nSPS) is 10.8. The van der Waals surface area contributed by atoms with Crippen molar-refractivity contribution in [2.24, 2.45) is 0 Å². The maximum absolute atomic E-state index is 5.44. The smallest absolute Gasteiger partial charge is 0.0701 e. The molecule has 1 N–H and O–H groups in total. The van der Waals surface area contributed by atoms with Crippen LogP contribution in [-0.2, 0) is 20.8 Å². The number of ether oxygens (including phenoxy) is 3. The molecule has 0 amide bonds. The standard InChI is InChI=1S/C14H24N2O3/c1-17-8-4-9-18-11-12-19-10-7-15-13-14-5-2-3-6-16-14/h2-3,5-6,15H,4,7-13H2,1H3. The largest absolute Gasteiger partial charge is 0.385 e. The summed E-state index contributed by atoms with van der Waals surface area (Å²) < 4.78 is 15.7. The molecule has 0 radical (unpaired) electrons. The summed E-state index contributed by atoms with van der Waals surface area (Å²) in [4.78, 5) is 4.23. The van der Waals surface area contributed by atoms with Crippen LogP contribution >= 0.6 is 0 Å². The van der Waals surface area contributed by atoms with Gasteiger partial charge in [-0.1, -0.05) is 6.07 Å². The van der Waals surface area contributed by atoms with E-state index in [9.17, 15) is 0 Å². The molecular formula is C14H24N2O3. The van der Waals surface area contributed by atoms with Gasteiger partial charge in [0, 0.05) is 39.6 Å². The van der Waals surface area contributed by atoms with Crippen molar-refractivity contribution in [3.63, 3.8) is 0 Å². The molecule has 0 aliphatic carbocycles. The van der Waals surface area contributed by atoms with Gasteiger partial charge >= 0.3 is 0 Å². The number of aromatic nitrogens is 1. The maximum Gasteiger partial charge on any atom is 0.0701 e. The lowest BCUT2D eigenvalue weighted by Gasteiger charge is -2.06. The minimum absolute atomic E-state index is 0.637. The van der Waals surface area contributed by atoms with Crippen LogP contribution < -0.4 is 5.32 Å². The lowest BCUT2D eigenvalue weighted by molar-refractivity contribution is 0.0408. The van der Waals surface area contributed by atoms with E-state index in [-0.39, 0.29) is 0 Å². The van der Waals surface area contributed by atoms with Gasteiger partial charge in [0.05, 0.1) is 25.5 Å². The number of pyridine rings is 1. The number of nitrogens with one attached hydrogen (secondary N) is 1. The first kappa shape index (κ1) is 16.0. The zero-order chi connectivity index (χ0) is 13.6. The third kappa shape index (κ3) is 9.55. The van der Waals surface area contributed by atoms with E-state index in [1.807, 2.05) is 18.2 Å². The predicted molar refractivity (Wildman–Crippen MR) is 74.1 cm³/mol. The molecule has 0 aliphatic rings. The van der Waals surface area contributed by atoms with E-state index in [1.54, 1.807) is 13.3 Å². The van der Waals surface area contributed by atoms with E-state index in [1.165, 1.54) is 0 Å². The summed E-state index contributed by atoms with van der Waals surface area (Å²) in [5.74, 6) is 0. The van der Waals surface area contributed by atoms with Crippen LogP contribution in [0.4, 0.5) is 0 Å². The van der Waals surface area contributed by atoms with Crippen LogP contribution in [0.1, 0.15) is 12.1 Å². The first-order valence-corrected chi connectivity index (χ1v) is 6.68. The van der Waals surface area contributed by atoms with Crippen molar-refractivity contribution in [3.8, 4) is 0 Å². The van der Waals surface area contributed by atoms with Gasteiger partial charge in [0.25, 0.3) is 0 Å². The summed E-state index contributed by atoms with van der Waals surface area (Å²) in [6.07, 6.45) is 2.73. The average Bonchev–Trinajstić information content (AvgIpc) is 2.46. The second-order valence-electron chi connectivity index (χ2n) is 4.07. The number of hydrogen-bond acceptors (Lipinski definition) is 5. The second-order valence-corrected chi connectivity index (χ2v) is 4.07. The van der Waals surface area contributed by atoms with Crippen LogP contribution in [0, 0.1) is 0 Å². The minimum atomic E-state index is 0.637. The Hall–Kier alpha value is -1.01. The number of nitrogens with zero attached hydrogens (tertiary/aromatic N) is 1. The third-order valence-corrected chi connectivity index (χ3v) is 2.46. The summed E-state index contributed by atoms with van der Waals surface area (Å²) in [5.41, 5.74) is 1.05. The Bertz CT molecular complexity index is 296. The fourth-order valence-corrected chi connectivity index (χ4v) is 1.49. The maximum atomic E-state index is 5.44. The molecule has 0 aromatic carbocycles. The van der Waals surface area contributed by atoms with Gasteiger partial charge in [-0.25, -0.2) is 0 Å². The van der Waals surface area contributed by atoms with Gasteiger partial charge in [0.2, 0.25) is 0 Å². The van der Waals surface area contributed by atoms with Crippen LogP contribution in [0.5, 0.6) is 0 Å². The molecule has 19 heavy (non-hydrogen) atoms. The Morgan fingerprint density at radius 2 is 1.89 bits per heavy atom. The first-order chi connectivity index (χ1) is 9.43. The van der Waals surface area contributed by atoms with Gasteiger partial charge in [-0.05, 0) is 18.6 Å². The lowest BCUT2D eigenvalue weighted by atomic mass is 10.3. The SMILES string of the molecule is COCCCOCCOCCNCc1ccccn1. The topological polar surface area (TPSA) is 52.6 Å². The van der Waals surface area contributed by atoms with Crippen molar-refractivity contribution in [1.29, 1.82) is 0 Å². The Balaban J connectivity index is 1.79. The van der Waals surface area contributed by atoms with Gasteiger partial charge in [-0.3, -0.25) is 4.98 Å². The van der Waals surface area contributed by atoms with Crippen molar-refractivity contribution in [2.45, 2.75) is 13.0 Å². The quantitative estimate of drug-likeness (QED) is 0.578. The molecular weight excluding hydrogens is 244 g/mol. The van der Waals surface area contributed by atoms with Gasteiger partial charge in [-0.15, -0.1) is 0 Å². The van der Waals surface area contributed by atoms with E-state index in [0.717, 1.165) is 38.4 Å². The van der Waals surface area contributed by atoms with Crippen molar-refractivity contribution in [1.82, 2.24) is 10.3 Å². The average molecular weight is 268 g/mol. The molecule has 5 heteroatoms. The predicted octanol–water partition coefficient (Wildman–Crippen LogP) is 1.24. The first-order valence-electron chi connectivity index (χ1n) is 6.68. The Labute approximate surface area is 115 Å². The summed E-state index contributed by atoms with van der Waals surface area (Å²) >= 11 is 0. The fourth-order valence-electron chi connectivity index (χ4n) is 1.49. The molecule has 0 saturated heterocycles. The number of rotatable bonds is 12. The van der Waals surface area contributed by atoms with Crippen LogP contribution in [0.3, 0.4) is 0 Å². The molecule has 1 heterocycles. The Morgan fingerprint density at radius 3 is 2.63 bits per heavy atom. The van der Waals surface area contributed by atoms with Crippen molar-refractivity contribution in [3.05, 3.63) is 30.1 Å². The monoisotopic (exact) mass is 268 g/mol. The summed E-state index contributed by atoms with van der Waals surface area (Å²) in [6, 6.07) is 5.91. The van der Waals surface area contributed by atoms with Crippen molar-refractivity contribution in [2.75, 3.05) is 46.7 Å². The van der Waals surface area contributed by atoms with Gasteiger partial charge < -0.3 is 19.5 Å². The van der Waals surface area contributed by atoms with Crippen molar-refractivity contribution >= 4 is 0 Å². The molecule has 0 spiro atoms. The van der Waals surface area contributed by atoms with Crippen LogP contribution in [0.2, 0.25) is 0 Å². The number of hydrogen-bond donors (Lipinski definition) is 1. The Morgan fingerprint density at radius 1 is 1.05 bits per heavy atom. The van der Waals surface area contributed by atoms with Gasteiger partial charge in [-0.2, -0.15) is 0 Å². The highest BCUT2D eigenvalue weighted by molar-refractivity contribution is 5.02. The molecule has 0 bridgehead atoms. The highest BCUT2D eigenvalue weighted by Crippen LogP contribution is 1.91. The molecule has 1 aromatic rings. The minimum Gasteiger partial charge on any atom is -0.385 e. The van der Waals surface area contributed by atoms with E-state index in [0.29, 0.717) is 19.8 Å². The van der Waals surface area contributed by atoms with Crippen LogP contribution in [-0.4, -0.2) is 51.7 Å². The van der Waals surface area contributed by atoms with Gasteiger partial charge in [0.15, 0.2) is 0 Å². The van der Waals surface area contributed by atoms with Crippen LogP contribution in [0.15, 0.2) is 24.4 Å². The molecule has 0 saturated carbocycles. The van der Waals surface area contributed by atoms with Crippen molar-refractivity contribution < 1.29 is 14.2 Å². The second kappa shape index (κ2) is 12.0. The molecule has 0 unspecified atom stereocenters. The molecule has 1 aromatic heterocycles. The molecule has 0 atom stereocenters. The molecule has 5 nitrogen and oxygen atoms in total. The van der Waals surface area contributed by atoms with Gasteiger partial charge in [0.1, 0.15) is 0 Å². The van der Waals surface area contributed by atoms with E-state index < -0.39 is 0 Å².